The highest BCUT2D eigenvalue weighted by molar-refractivity contribution is 7.99. The molecule has 0 amide bonds. The van der Waals surface area contributed by atoms with Gasteiger partial charge in [-0.3, -0.25) is 4.79 Å². The first kappa shape index (κ1) is 16.9. The number of carboxylic acid groups (broad SMARTS) is 1. The molecule has 0 spiro atoms. The molecule has 1 aromatic carbocycles. The van der Waals surface area contributed by atoms with Crippen LogP contribution in [0, 0.1) is 5.92 Å². The SMILES string of the molecule is CCCNC(CSc1cc(Cl)ccc1Cl)(C(=O)O)C1CC1. The first-order valence-electron chi connectivity index (χ1n) is 7.06. The highest BCUT2D eigenvalue weighted by Gasteiger charge is 2.50. The van der Waals surface area contributed by atoms with E-state index in [9.17, 15) is 9.90 Å². The third-order valence-corrected chi connectivity index (χ3v) is 5.62. The van der Waals surface area contributed by atoms with Crippen molar-refractivity contribution >= 4 is 40.9 Å². The highest BCUT2D eigenvalue weighted by Crippen LogP contribution is 2.43. The lowest BCUT2D eigenvalue weighted by Crippen LogP contribution is -2.56. The third kappa shape index (κ3) is 4.07. The zero-order chi connectivity index (χ0) is 15.5. The summed E-state index contributed by atoms with van der Waals surface area (Å²) in [5, 5.41) is 14.2. The molecule has 0 heterocycles. The number of thioether (sulfide) groups is 1. The largest absolute Gasteiger partial charge is 0.480 e. The van der Waals surface area contributed by atoms with Crippen LogP contribution in [0.4, 0.5) is 0 Å². The second-order valence-corrected chi connectivity index (χ2v) is 7.20. The van der Waals surface area contributed by atoms with E-state index in [-0.39, 0.29) is 5.92 Å². The number of aliphatic carboxylic acids is 1. The summed E-state index contributed by atoms with van der Waals surface area (Å²) in [7, 11) is 0. The van der Waals surface area contributed by atoms with Gasteiger partial charge in [0, 0.05) is 15.7 Å². The molecule has 0 bridgehead atoms. The van der Waals surface area contributed by atoms with Gasteiger partial charge in [-0.15, -0.1) is 11.8 Å². The van der Waals surface area contributed by atoms with E-state index in [4.69, 9.17) is 23.2 Å². The Bertz CT molecular complexity index is 522. The average Bonchev–Trinajstić information content (AvgIpc) is 3.27. The zero-order valence-electron chi connectivity index (χ0n) is 11.9. The Morgan fingerprint density at radius 2 is 2.19 bits per heavy atom. The van der Waals surface area contributed by atoms with Crippen molar-refractivity contribution in [2.45, 2.75) is 36.6 Å². The number of carbonyl (C=O) groups is 1. The van der Waals surface area contributed by atoms with Gasteiger partial charge in [0.05, 0.1) is 5.02 Å². The van der Waals surface area contributed by atoms with Crippen LogP contribution in [0.15, 0.2) is 23.1 Å². The van der Waals surface area contributed by atoms with Crippen molar-refractivity contribution in [3.05, 3.63) is 28.2 Å². The van der Waals surface area contributed by atoms with E-state index in [1.165, 1.54) is 11.8 Å². The molecule has 3 nitrogen and oxygen atoms in total. The monoisotopic (exact) mass is 347 g/mol. The maximum atomic E-state index is 11.8. The van der Waals surface area contributed by atoms with Crippen molar-refractivity contribution in [3.63, 3.8) is 0 Å². The zero-order valence-corrected chi connectivity index (χ0v) is 14.2. The van der Waals surface area contributed by atoms with E-state index in [1.54, 1.807) is 18.2 Å². The molecule has 1 aliphatic rings. The molecule has 0 aliphatic heterocycles. The Kier molecular flexibility index (Phi) is 5.83. The number of carboxylic acids is 1. The molecule has 1 aliphatic carbocycles. The second-order valence-electron chi connectivity index (χ2n) is 5.34. The molecule has 0 aromatic heterocycles. The summed E-state index contributed by atoms with van der Waals surface area (Å²) in [5.74, 6) is -0.122. The van der Waals surface area contributed by atoms with Gasteiger partial charge >= 0.3 is 5.97 Å². The first-order valence-corrected chi connectivity index (χ1v) is 8.80. The molecule has 1 aromatic rings. The third-order valence-electron chi connectivity index (χ3n) is 3.69. The minimum Gasteiger partial charge on any atom is -0.480 e. The standard InChI is InChI=1S/C15H19Cl2NO2S/c1-2-7-18-15(14(19)20,10-3-4-10)9-21-13-8-11(16)5-6-12(13)17/h5-6,8,10,18H,2-4,7,9H2,1H3,(H,19,20). The Labute approximate surface area is 139 Å². The smallest absolute Gasteiger partial charge is 0.325 e. The fourth-order valence-electron chi connectivity index (χ4n) is 2.33. The van der Waals surface area contributed by atoms with Crippen LogP contribution in [0.25, 0.3) is 0 Å². The Balaban J connectivity index is 2.15. The van der Waals surface area contributed by atoms with Crippen LogP contribution in [0.1, 0.15) is 26.2 Å². The van der Waals surface area contributed by atoms with Gasteiger partial charge in [0.2, 0.25) is 0 Å². The number of rotatable bonds is 8. The van der Waals surface area contributed by atoms with Gasteiger partial charge in [0.15, 0.2) is 0 Å². The lowest BCUT2D eigenvalue weighted by molar-refractivity contribution is -0.144. The summed E-state index contributed by atoms with van der Waals surface area (Å²) in [4.78, 5) is 12.7. The van der Waals surface area contributed by atoms with Crippen LogP contribution in [0.5, 0.6) is 0 Å². The maximum Gasteiger partial charge on any atom is 0.325 e. The van der Waals surface area contributed by atoms with Gasteiger partial charge in [0.1, 0.15) is 5.54 Å². The summed E-state index contributed by atoms with van der Waals surface area (Å²) < 4.78 is 0. The van der Waals surface area contributed by atoms with E-state index in [0.717, 1.165) is 24.2 Å². The van der Waals surface area contributed by atoms with Crippen LogP contribution in [-0.4, -0.2) is 28.9 Å². The van der Waals surface area contributed by atoms with Crippen molar-refractivity contribution in [1.82, 2.24) is 5.32 Å². The minimum atomic E-state index is -0.869. The molecule has 21 heavy (non-hydrogen) atoms. The van der Waals surface area contributed by atoms with Gasteiger partial charge in [-0.2, -0.15) is 0 Å². The molecular weight excluding hydrogens is 329 g/mol. The number of hydrogen-bond donors (Lipinski definition) is 2. The molecule has 2 N–H and O–H groups in total. The quantitative estimate of drug-likeness (QED) is 0.687. The summed E-state index contributed by atoms with van der Waals surface area (Å²) >= 11 is 13.6. The minimum absolute atomic E-state index is 0.201. The lowest BCUT2D eigenvalue weighted by atomic mass is 9.95. The van der Waals surface area contributed by atoms with Crippen molar-refractivity contribution in [2.24, 2.45) is 5.92 Å². The number of hydrogen-bond acceptors (Lipinski definition) is 3. The van der Waals surface area contributed by atoms with Crippen molar-refractivity contribution in [1.29, 1.82) is 0 Å². The molecule has 6 heteroatoms. The van der Waals surface area contributed by atoms with Crippen LogP contribution in [0.2, 0.25) is 10.0 Å². The molecule has 0 saturated heterocycles. The van der Waals surface area contributed by atoms with Gasteiger partial charge in [-0.05, 0) is 49.9 Å². The van der Waals surface area contributed by atoms with E-state index >= 15 is 0 Å². The summed E-state index contributed by atoms with van der Waals surface area (Å²) in [6.45, 7) is 2.74. The van der Waals surface area contributed by atoms with Gasteiger partial charge in [0.25, 0.3) is 0 Å². The lowest BCUT2D eigenvalue weighted by Gasteiger charge is -2.30. The average molecular weight is 348 g/mol. The molecule has 1 unspecified atom stereocenters. The van der Waals surface area contributed by atoms with Crippen molar-refractivity contribution in [3.8, 4) is 0 Å². The Morgan fingerprint density at radius 3 is 2.76 bits per heavy atom. The van der Waals surface area contributed by atoms with Crippen LogP contribution < -0.4 is 5.32 Å². The topological polar surface area (TPSA) is 49.3 Å². The number of benzene rings is 1. The molecule has 0 radical (unpaired) electrons. The molecule has 1 fully saturated rings. The van der Waals surface area contributed by atoms with E-state index < -0.39 is 11.5 Å². The highest BCUT2D eigenvalue weighted by atomic mass is 35.5. The van der Waals surface area contributed by atoms with Gasteiger partial charge in [-0.1, -0.05) is 30.1 Å². The first-order chi connectivity index (χ1) is 9.99. The molecule has 1 saturated carbocycles. The molecule has 116 valence electrons. The number of halogens is 2. The molecular formula is C15H19Cl2NO2S. The Morgan fingerprint density at radius 1 is 1.48 bits per heavy atom. The second kappa shape index (κ2) is 7.23. The summed E-state index contributed by atoms with van der Waals surface area (Å²) in [5.41, 5.74) is -0.869. The van der Waals surface area contributed by atoms with Crippen LogP contribution in [0.3, 0.4) is 0 Å². The van der Waals surface area contributed by atoms with E-state index in [1.807, 2.05) is 6.92 Å². The van der Waals surface area contributed by atoms with E-state index in [0.29, 0.717) is 22.3 Å². The van der Waals surface area contributed by atoms with Crippen molar-refractivity contribution < 1.29 is 9.90 Å². The summed E-state index contributed by atoms with van der Waals surface area (Å²) in [6, 6.07) is 5.26. The van der Waals surface area contributed by atoms with Crippen LogP contribution >= 0.6 is 35.0 Å². The predicted molar refractivity (Wildman–Crippen MR) is 88.6 cm³/mol. The fraction of sp³-hybridized carbons (Fsp3) is 0.533. The normalized spacial score (nSPS) is 17.5. The van der Waals surface area contributed by atoms with E-state index in [2.05, 4.69) is 5.32 Å². The van der Waals surface area contributed by atoms with Gasteiger partial charge < -0.3 is 10.4 Å². The predicted octanol–water partition coefficient (Wildman–Crippen LogP) is 4.32. The molecule has 1 atom stereocenters. The summed E-state index contributed by atoms with van der Waals surface area (Å²) in [6.07, 6.45) is 2.84. The number of nitrogens with one attached hydrogen (secondary N) is 1. The van der Waals surface area contributed by atoms with Crippen molar-refractivity contribution in [2.75, 3.05) is 12.3 Å². The fourth-order valence-corrected chi connectivity index (χ4v) is 4.11. The Hall–Kier alpha value is -0.420. The van der Waals surface area contributed by atoms with Crippen LogP contribution in [-0.2, 0) is 4.79 Å². The maximum absolute atomic E-state index is 11.8. The molecule has 2 rings (SSSR count). The van der Waals surface area contributed by atoms with Gasteiger partial charge in [-0.25, -0.2) is 0 Å².